The Balaban J connectivity index is 1.53. The molecule has 2 aromatic carbocycles. The second-order valence-electron chi connectivity index (χ2n) is 4.73. The quantitative estimate of drug-likeness (QED) is 0.630. The minimum Gasteiger partial charge on any atom is -0.302 e. The molecule has 0 fully saturated rings. The van der Waals surface area contributed by atoms with Crippen LogP contribution in [0.1, 0.15) is 6.42 Å². The van der Waals surface area contributed by atoms with Gasteiger partial charge in [0, 0.05) is 22.1 Å². The highest BCUT2D eigenvalue weighted by atomic mass is 35.5. The third-order valence-corrected chi connectivity index (χ3v) is 5.21. The number of thioether (sulfide) groups is 1. The van der Waals surface area contributed by atoms with Gasteiger partial charge in [0.2, 0.25) is 5.91 Å². The minimum atomic E-state index is -0.307. The van der Waals surface area contributed by atoms with Crippen molar-refractivity contribution < 1.29 is 9.18 Å². The van der Waals surface area contributed by atoms with Crippen molar-refractivity contribution in [1.29, 1.82) is 0 Å². The number of halogens is 2. The lowest BCUT2D eigenvalue weighted by Crippen LogP contribution is -2.11. The highest BCUT2D eigenvalue weighted by molar-refractivity contribution is 7.99. The molecule has 3 aromatic rings. The Morgan fingerprint density at radius 2 is 2.04 bits per heavy atom. The first-order valence-corrected chi connectivity index (χ1v) is 9.02. The summed E-state index contributed by atoms with van der Waals surface area (Å²) in [4.78, 5) is 17.3. The molecule has 0 atom stereocenters. The van der Waals surface area contributed by atoms with Gasteiger partial charge in [-0.25, -0.2) is 9.37 Å². The van der Waals surface area contributed by atoms with Crippen molar-refractivity contribution in [1.82, 2.24) is 4.98 Å². The van der Waals surface area contributed by atoms with Crippen LogP contribution in [0.3, 0.4) is 0 Å². The van der Waals surface area contributed by atoms with E-state index in [9.17, 15) is 9.18 Å². The van der Waals surface area contributed by atoms with E-state index in [1.165, 1.54) is 23.5 Å². The van der Waals surface area contributed by atoms with Crippen LogP contribution in [0.15, 0.2) is 47.4 Å². The summed E-state index contributed by atoms with van der Waals surface area (Å²) in [5, 5.41) is 3.94. The fourth-order valence-corrected chi connectivity index (χ4v) is 3.81. The van der Waals surface area contributed by atoms with Crippen molar-refractivity contribution in [2.24, 2.45) is 0 Å². The zero-order valence-electron chi connectivity index (χ0n) is 11.9. The number of thiazole rings is 1. The van der Waals surface area contributed by atoms with Crippen molar-refractivity contribution in [2.75, 3.05) is 11.1 Å². The largest absolute Gasteiger partial charge is 0.302 e. The molecule has 23 heavy (non-hydrogen) atoms. The van der Waals surface area contributed by atoms with Crippen LogP contribution in [0, 0.1) is 5.82 Å². The summed E-state index contributed by atoms with van der Waals surface area (Å²) >= 11 is 8.68. The van der Waals surface area contributed by atoms with Gasteiger partial charge in [0.15, 0.2) is 5.13 Å². The number of amides is 1. The molecular weight excluding hydrogens is 355 g/mol. The Bertz CT molecular complexity index is 836. The number of anilines is 1. The van der Waals surface area contributed by atoms with Gasteiger partial charge in [-0.2, -0.15) is 0 Å². The Morgan fingerprint density at radius 3 is 2.83 bits per heavy atom. The van der Waals surface area contributed by atoms with E-state index in [2.05, 4.69) is 10.3 Å². The Hall–Kier alpha value is -1.63. The lowest BCUT2D eigenvalue weighted by atomic mass is 10.3. The highest BCUT2D eigenvalue weighted by Crippen LogP contribution is 2.27. The van der Waals surface area contributed by atoms with Crippen LogP contribution >= 0.6 is 34.7 Å². The standard InChI is InChI=1S/C16H12ClFN2OS2/c17-10-1-4-12(5-2-10)22-8-7-15(21)20-16-19-13-6-3-11(18)9-14(13)23-16/h1-6,9H,7-8H2,(H,19,20,21). The summed E-state index contributed by atoms with van der Waals surface area (Å²) in [6, 6.07) is 11.9. The molecule has 1 N–H and O–H groups in total. The first kappa shape index (κ1) is 16.2. The van der Waals surface area contributed by atoms with E-state index in [1.807, 2.05) is 24.3 Å². The van der Waals surface area contributed by atoms with Crippen LogP contribution in [-0.4, -0.2) is 16.6 Å². The van der Waals surface area contributed by atoms with Gasteiger partial charge in [-0.3, -0.25) is 4.79 Å². The molecule has 0 saturated heterocycles. The number of carbonyl (C=O) groups excluding carboxylic acids is 1. The maximum atomic E-state index is 13.1. The van der Waals surface area contributed by atoms with Gasteiger partial charge in [0.05, 0.1) is 10.2 Å². The summed E-state index contributed by atoms with van der Waals surface area (Å²) in [7, 11) is 0. The molecule has 7 heteroatoms. The van der Waals surface area contributed by atoms with Gasteiger partial charge in [0.25, 0.3) is 0 Å². The number of hydrogen-bond acceptors (Lipinski definition) is 4. The molecular formula is C16H12ClFN2OS2. The van der Waals surface area contributed by atoms with Crippen molar-refractivity contribution in [2.45, 2.75) is 11.3 Å². The maximum absolute atomic E-state index is 13.1. The van der Waals surface area contributed by atoms with Crippen molar-refractivity contribution in [3.63, 3.8) is 0 Å². The molecule has 0 aliphatic carbocycles. The monoisotopic (exact) mass is 366 g/mol. The fraction of sp³-hybridized carbons (Fsp3) is 0.125. The van der Waals surface area contributed by atoms with Crippen molar-refractivity contribution in [3.05, 3.63) is 53.3 Å². The molecule has 0 spiro atoms. The van der Waals surface area contributed by atoms with Crippen LogP contribution in [-0.2, 0) is 4.79 Å². The van der Waals surface area contributed by atoms with Crippen LogP contribution in [0.2, 0.25) is 5.02 Å². The number of nitrogens with one attached hydrogen (secondary N) is 1. The van der Waals surface area contributed by atoms with Gasteiger partial charge in [0.1, 0.15) is 5.82 Å². The molecule has 0 bridgehead atoms. The maximum Gasteiger partial charge on any atom is 0.226 e. The van der Waals surface area contributed by atoms with Gasteiger partial charge >= 0.3 is 0 Å². The smallest absolute Gasteiger partial charge is 0.226 e. The summed E-state index contributed by atoms with van der Waals surface area (Å²) in [5.74, 6) is 0.247. The van der Waals surface area contributed by atoms with Crippen LogP contribution in [0.5, 0.6) is 0 Å². The van der Waals surface area contributed by atoms with Gasteiger partial charge in [-0.05, 0) is 42.5 Å². The predicted molar refractivity (Wildman–Crippen MR) is 95.0 cm³/mol. The number of nitrogens with zero attached hydrogens (tertiary/aromatic N) is 1. The Morgan fingerprint density at radius 1 is 1.26 bits per heavy atom. The molecule has 0 saturated carbocycles. The number of rotatable bonds is 5. The lowest BCUT2D eigenvalue weighted by molar-refractivity contribution is -0.115. The number of hydrogen-bond donors (Lipinski definition) is 1. The lowest BCUT2D eigenvalue weighted by Gasteiger charge is -2.02. The summed E-state index contributed by atoms with van der Waals surface area (Å²) in [6.07, 6.45) is 0.373. The molecule has 0 radical (unpaired) electrons. The van der Waals surface area contributed by atoms with E-state index in [1.54, 1.807) is 17.8 Å². The van der Waals surface area contributed by atoms with E-state index in [-0.39, 0.29) is 11.7 Å². The van der Waals surface area contributed by atoms with E-state index >= 15 is 0 Å². The molecule has 1 aromatic heterocycles. The third-order valence-electron chi connectivity index (χ3n) is 3.01. The molecule has 0 aliphatic heterocycles. The SMILES string of the molecule is O=C(CCSc1ccc(Cl)cc1)Nc1nc2ccc(F)cc2s1. The third kappa shape index (κ3) is 4.43. The fourth-order valence-electron chi connectivity index (χ4n) is 1.93. The molecule has 1 amide bonds. The van der Waals surface area contributed by atoms with Crippen LogP contribution in [0.25, 0.3) is 10.2 Å². The first-order valence-electron chi connectivity index (χ1n) is 6.84. The number of carbonyl (C=O) groups is 1. The average Bonchev–Trinajstić information content (AvgIpc) is 2.90. The van der Waals surface area contributed by atoms with Crippen LogP contribution in [0.4, 0.5) is 9.52 Å². The summed E-state index contributed by atoms with van der Waals surface area (Å²) in [5.41, 5.74) is 0.683. The molecule has 3 rings (SSSR count). The Kier molecular flexibility index (Phi) is 5.15. The minimum absolute atomic E-state index is 0.106. The predicted octanol–water partition coefficient (Wildman–Crippen LogP) is 5.21. The highest BCUT2D eigenvalue weighted by Gasteiger charge is 2.08. The molecule has 0 unspecified atom stereocenters. The number of benzene rings is 2. The second-order valence-corrected chi connectivity index (χ2v) is 7.37. The summed E-state index contributed by atoms with van der Waals surface area (Å²) < 4.78 is 13.9. The van der Waals surface area contributed by atoms with Gasteiger partial charge < -0.3 is 5.32 Å². The topological polar surface area (TPSA) is 42.0 Å². The zero-order valence-corrected chi connectivity index (χ0v) is 14.3. The van der Waals surface area contributed by atoms with Gasteiger partial charge in [-0.1, -0.05) is 22.9 Å². The molecule has 3 nitrogen and oxygen atoms in total. The van der Waals surface area contributed by atoms with E-state index < -0.39 is 0 Å². The van der Waals surface area contributed by atoms with Crippen LogP contribution < -0.4 is 5.32 Å². The summed E-state index contributed by atoms with van der Waals surface area (Å²) in [6.45, 7) is 0. The van der Waals surface area contributed by atoms with Crippen molar-refractivity contribution >= 4 is 56.0 Å². The van der Waals surface area contributed by atoms with Crippen molar-refractivity contribution in [3.8, 4) is 0 Å². The average molecular weight is 367 g/mol. The molecule has 0 aliphatic rings. The normalized spacial score (nSPS) is 10.9. The number of aromatic nitrogens is 1. The first-order chi connectivity index (χ1) is 11.1. The van der Waals surface area contributed by atoms with E-state index in [0.29, 0.717) is 27.8 Å². The number of fused-ring (bicyclic) bond motifs is 1. The molecule has 118 valence electrons. The Labute approximate surface area is 145 Å². The second kappa shape index (κ2) is 7.29. The molecule has 1 heterocycles. The van der Waals surface area contributed by atoms with E-state index in [0.717, 1.165) is 9.60 Å². The zero-order chi connectivity index (χ0) is 16.2. The van der Waals surface area contributed by atoms with Gasteiger partial charge in [-0.15, -0.1) is 11.8 Å². The van der Waals surface area contributed by atoms with E-state index in [4.69, 9.17) is 11.6 Å².